The summed E-state index contributed by atoms with van der Waals surface area (Å²) in [5, 5.41) is 2.20. The number of imide groups is 2. The maximum absolute atomic E-state index is 12.9. The van der Waals surface area contributed by atoms with Gasteiger partial charge >= 0.3 is 0 Å². The first-order valence-electron chi connectivity index (χ1n) is 9.05. The summed E-state index contributed by atoms with van der Waals surface area (Å²) in [5.74, 6) is -1.97. The van der Waals surface area contributed by atoms with E-state index in [1.165, 1.54) is 0 Å². The average Bonchev–Trinajstić information content (AvgIpc) is 3.02. The van der Waals surface area contributed by atoms with E-state index < -0.39 is 23.8 Å². The summed E-state index contributed by atoms with van der Waals surface area (Å²) in [7, 11) is 0. The van der Waals surface area contributed by atoms with E-state index in [0.29, 0.717) is 12.1 Å². The molecule has 4 amide bonds. The second-order valence-electron chi connectivity index (χ2n) is 8.15. The normalized spacial score (nSPS) is 27.2. The zero-order valence-electron chi connectivity index (χ0n) is 15.3. The molecule has 0 radical (unpaired) electrons. The molecule has 2 fully saturated rings. The SMILES string of the molecule is CC1(C)CN(c2ccc3c(c2)C(=O)N(C2CCC(=O)NC2=O)C3=O)CC1N. The quantitative estimate of drug-likeness (QED) is 0.722. The summed E-state index contributed by atoms with van der Waals surface area (Å²) in [4.78, 5) is 52.2. The molecule has 142 valence electrons. The number of carbonyl (C=O) groups excluding carboxylic acids is 4. The van der Waals surface area contributed by atoms with Crippen LogP contribution in [-0.2, 0) is 9.59 Å². The van der Waals surface area contributed by atoms with Crippen molar-refractivity contribution < 1.29 is 19.2 Å². The molecule has 1 aromatic carbocycles. The number of fused-ring (bicyclic) bond motifs is 1. The summed E-state index contributed by atoms with van der Waals surface area (Å²) in [6.07, 6.45) is 0.258. The first-order valence-corrected chi connectivity index (χ1v) is 9.05. The molecule has 27 heavy (non-hydrogen) atoms. The van der Waals surface area contributed by atoms with Crippen LogP contribution in [0.3, 0.4) is 0 Å². The number of hydrogen-bond donors (Lipinski definition) is 2. The Morgan fingerprint density at radius 1 is 1.11 bits per heavy atom. The fourth-order valence-corrected chi connectivity index (χ4v) is 4.01. The molecule has 2 unspecified atom stereocenters. The Morgan fingerprint density at radius 3 is 2.44 bits per heavy atom. The predicted octanol–water partition coefficient (Wildman–Crippen LogP) is 0.261. The molecule has 2 saturated heterocycles. The van der Waals surface area contributed by atoms with Crippen molar-refractivity contribution in [1.82, 2.24) is 10.2 Å². The lowest BCUT2D eigenvalue weighted by atomic mass is 9.89. The third kappa shape index (κ3) is 2.71. The molecule has 3 aliphatic heterocycles. The van der Waals surface area contributed by atoms with Crippen molar-refractivity contribution in [2.24, 2.45) is 11.1 Å². The van der Waals surface area contributed by atoms with Gasteiger partial charge in [-0.3, -0.25) is 29.4 Å². The van der Waals surface area contributed by atoms with Crippen molar-refractivity contribution in [2.75, 3.05) is 18.0 Å². The third-order valence-electron chi connectivity index (χ3n) is 5.81. The minimum atomic E-state index is -0.947. The van der Waals surface area contributed by atoms with Crippen molar-refractivity contribution in [3.63, 3.8) is 0 Å². The van der Waals surface area contributed by atoms with Gasteiger partial charge in [0.15, 0.2) is 0 Å². The second kappa shape index (κ2) is 5.88. The highest BCUT2D eigenvalue weighted by Crippen LogP contribution is 2.35. The highest BCUT2D eigenvalue weighted by atomic mass is 16.2. The number of rotatable bonds is 2. The Labute approximate surface area is 156 Å². The Morgan fingerprint density at radius 2 is 1.81 bits per heavy atom. The average molecular weight is 370 g/mol. The molecule has 3 heterocycles. The monoisotopic (exact) mass is 370 g/mol. The molecular weight excluding hydrogens is 348 g/mol. The first kappa shape index (κ1) is 17.7. The summed E-state index contributed by atoms with van der Waals surface area (Å²) in [6, 6.07) is 4.22. The predicted molar refractivity (Wildman–Crippen MR) is 97.1 cm³/mol. The largest absolute Gasteiger partial charge is 0.369 e. The Kier molecular flexibility index (Phi) is 3.85. The van der Waals surface area contributed by atoms with Crippen molar-refractivity contribution in [1.29, 1.82) is 0 Å². The van der Waals surface area contributed by atoms with Crippen molar-refractivity contribution in [3.8, 4) is 0 Å². The van der Waals surface area contributed by atoms with E-state index in [2.05, 4.69) is 24.1 Å². The zero-order valence-corrected chi connectivity index (χ0v) is 15.3. The van der Waals surface area contributed by atoms with Gasteiger partial charge in [-0.15, -0.1) is 0 Å². The summed E-state index contributed by atoms with van der Waals surface area (Å²) < 4.78 is 0. The van der Waals surface area contributed by atoms with Gasteiger partial charge in [-0.1, -0.05) is 13.8 Å². The van der Waals surface area contributed by atoms with E-state index in [-0.39, 0.29) is 35.8 Å². The molecule has 0 aromatic heterocycles. The van der Waals surface area contributed by atoms with Crippen LogP contribution in [0.2, 0.25) is 0 Å². The fourth-order valence-electron chi connectivity index (χ4n) is 4.01. The van der Waals surface area contributed by atoms with Crippen LogP contribution in [0.5, 0.6) is 0 Å². The van der Waals surface area contributed by atoms with Gasteiger partial charge in [0.25, 0.3) is 11.8 Å². The number of hydrogen-bond acceptors (Lipinski definition) is 6. The number of carbonyl (C=O) groups is 4. The standard InChI is InChI=1S/C19H22N4O4/c1-19(2)9-22(8-14(19)20)10-3-4-11-12(7-10)18(27)23(17(11)26)13-5-6-15(24)21-16(13)25/h3-4,7,13-14H,5-6,8-9,20H2,1-2H3,(H,21,24,25). The number of nitrogens with two attached hydrogens (primary N) is 1. The van der Waals surface area contributed by atoms with E-state index in [1.807, 2.05) is 6.07 Å². The summed E-state index contributed by atoms with van der Waals surface area (Å²) >= 11 is 0. The molecule has 8 nitrogen and oxygen atoms in total. The van der Waals surface area contributed by atoms with Crippen molar-refractivity contribution in [2.45, 2.75) is 38.8 Å². The lowest BCUT2D eigenvalue weighted by Gasteiger charge is -2.27. The molecule has 1 aromatic rings. The van der Waals surface area contributed by atoms with Gasteiger partial charge in [-0.05, 0) is 30.0 Å². The molecule has 0 aliphatic carbocycles. The van der Waals surface area contributed by atoms with Gasteiger partial charge in [0, 0.05) is 31.2 Å². The maximum Gasteiger partial charge on any atom is 0.262 e. The van der Waals surface area contributed by atoms with Gasteiger partial charge in [-0.2, -0.15) is 0 Å². The van der Waals surface area contributed by atoms with Crippen LogP contribution in [0.25, 0.3) is 0 Å². The molecule has 0 saturated carbocycles. The van der Waals surface area contributed by atoms with Gasteiger partial charge in [0.1, 0.15) is 6.04 Å². The Hall–Kier alpha value is -2.74. The maximum atomic E-state index is 12.9. The van der Waals surface area contributed by atoms with E-state index in [1.54, 1.807) is 12.1 Å². The third-order valence-corrected chi connectivity index (χ3v) is 5.81. The van der Waals surface area contributed by atoms with Crippen LogP contribution < -0.4 is 16.0 Å². The number of nitrogens with one attached hydrogen (secondary N) is 1. The van der Waals surface area contributed by atoms with E-state index >= 15 is 0 Å². The highest BCUT2D eigenvalue weighted by molar-refractivity contribution is 6.23. The number of amides is 4. The lowest BCUT2D eigenvalue weighted by molar-refractivity contribution is -0.136. The number of anilines is 1. The molecule has 0 bridgehead atoms. The van der Waals surface area contributed by atoms with E-state index in [4.69, 9.17) is 5.73 Å². The first-order chi connectivity index (χ1) is 12.7. The van der Waals surface area contributed by atoms with E-state index in [0.717, 1.165) is 17.1 Å². The number of nitrogens with zero attached hydrogens (tertiary/aromatic N) is 2. The summed E-state index contributed by atoms with van der Waals surface area (Å²) in [6.45, 7) is 5.63. The minimum absolute atomic E-state index is 0.0167. The van der Waals surface area contributed by atoms with Crippen molar-refractivity contribution in [3.05, 3.63) is 29.3 Å². The van der Waals surface area contributed by atoms with Crippen LogP contribution in [0, 0.1) is 5.41 Å². The van der Waals surface area contributed by atoms with Crippen molar-refractivity contribution >= 4 is 29.3 Å². The van der Waals surface area contributed by atoms with Gasteiger partial charge in [-0.25, -0.2) is 0 Å². The molecule has 8 heteroatoms. The second-order valence-corrected chi connectivity index (χ2v) is 8.15. The number of benzene rings is 1. The molecule has 3 aliphatic rings. The summed E-state index contributed by atoms with van der Waals surface area (Å²) in [5.41, 5.74) is 7.58. The van der Waals surface area contributed by atoms with Crippen LogP contribution >= 0.6 is 0 Å². The topological polar surface area (TPSA) is 113 Å². The van der Waals surface area contributed by atoms with Gasteiger partial charge < -0.3 is 10.6 Å². The Bertz CT molecular complexity index is 878. The van der Waals surface area contributed by atoms with Crippen LogP contribution in [0.4, 0.5) is 5.69 Å². The molecule has 3 N–H and O–H groups in total. The zero-order chi connectivity index (χ0) is 19.5. The Balaban J connectivity index is 1.63. The molecule has 2 atom stereocenters. The highest BCUT2D eigenvalue weighted by Gasteiger charge is 2.45. The molecule has 4 rings (SSSR count). The van der Waals surface area contributed by atoms with Gasteiger partial charge in [0.2, 0.25) is 11.8 Å². The molecule has 0 spiro atoms. The lowest BCUT2D eigenvalue weighted by Crippen LogP contribution is -2.54. The minimum Gasteiger partial charge on any atom is -0.369 e. The van der Waals surface area contributed by atoms with Crippen LogP contribution in [0.15, 0.2) is 18.2 Å². The van der Waals surface area contributed by atoms with Crippen LogP contribution in [0.1, 0.15) is 47.4 Å². The number of piperidine rings is 1. The van der Waals surface area contributed by atoms with Crippen LogP contribution in [-0.4, -0.2) is 53.7 Å². The molecular formula is C19H22N4O4. The van der Waals surface area contributed by atoms with Gasteiger partial charge in [0.05, 0.1) is 11.1 Å². The fraction of sp³-hybridized carbons (Fsp3) is 0.474. The van der Waals surface area contributed by atoms with E-state index in [9.17, 15) is 19.2 Å². The smallest absolute Gasteiger partial charge is 0.262 e.